The number of rotatable bonds is 2. The van der Waals surface area contributed by atoms with E-state index in [1.54, 1.807) is 0 Å². The van der Waals surface area contributed by atoms with Crippen LogP contribution in [0.15, 0.2) is 0 Å². The van der Waals surface area contributed by atoms with E-state index < -0.39 is 0 Å². The standard InChI is InChI=1S/C16H20ClN3OS/c17-9-13-18-15(20-7-5-10(21)6-8-20)14-11-3-1-2-4-12(11)22-16(14)19-13/h10,21H,1-9H2. The summed E-state index contributed by atoms with van der Waals surface area (Å²) >= 11 is 7.83. The molecule has 6 heteroatoms. The molecule has 0 atom stereocenters. The molecular weight excluding hydrogens is 318 g/mol. The number of hydrogen-bond acceptors (Lipinski definition) is 5. The number of fused-ring (bicyclic) bond motifs is 3. The molecule has 4 rings (SSSR count). The normalized spacial score (nSPS) is 19.6. The van der Waals surface area contributed by atoms with Crippen LogP contribution in [0.4, 0.5) is 5.82 Å². The van der Waals surface area contributed by atoms with Gasteiger partial charge in [0.05, 0.1) is 17.4 Å². The third-order valence-electron chi connectivity index (χ3n) is 4.73. The first-order valence-electron chi connectivity index (χ1n) is 8.06. The second-order valence-electron chi connectivity index (χ2n) is 6.21. The highest BCUT2D eigenvalue weighted by Crippen LogP contribution is 2.40. The number of nitrogens with zero attached hydrogens (tertiary/aromatic N) is 3. The Kier molecular flexibility index (Phi) is 3.96. The van der Waals surface area contributed by atoms with Gasteiger partial charge in [0.25, 0.3) is 0 Å². The molecule has 1 saturated heterocycles. The maximum Gasteiger partial charge on any atom is 0.147 e. The summed E-state index contributed by atoms with van der Waals surface area (Å²) in [6.45, 7) is 1.72. The van der Waals surface area contributed by atoms with Crippen molar-refractivity contribution in [3.05, 3.63) is 16.3 Å². The predicted molar refractivity (Wildman–Crippen MR) is 91.1 cm³/mol. The van der Waals surface area contributed by atoms with E-state index in [0.29, 0.717) is 11.7 Å². The number of thiophene rings is 1. The second-order valence-corrected chi connectivity index (χ2v) is 7.56. The predicted octanol–water partition coefficient (Wildman–Crippen LogP) is 3.27. The summed E-state index contributed by atoms with van der Waals surface area (Å²) in [5.41, 5.74) is 1.47. The van der Waals surface area contributed by atoms with Crippen LogP contribution in [0.1, 0.15) is 41.9 Å². The van der Waals surface area contributed by atoms with Crippen molar-refractivity contribution in [2.45, 2.75) is 50.5 Å². The van der Waals surface area contributed by atoms with Crippen molar-refractivity contribution in [2.24, 2.45) is 0 Å². The zero-order chi connectivity index (χ0) is 15.1. The van der Waals surface area contributed by atoms with Gasteiger partial charge in [-0.2, -0.15) is 0 Å². The maximum atomic E-state index is 9.76. The summed E-state index contributed by atoms with van der Waals surface area (Å²) in [4.78, 5) is 14.3. The van der Waals surface area contributed by atoms with Crippen LogP contribution in [0.3, 0.4) is 0 Å². The average molecular weight is 338 g/mol. The number of aryl methyl sites for hydroxylation is 2. The number of aromatic nitrogens is 2. The molecule has 3 heterocycles. The molecule has 22 heavy (non-hydrogen) atoms. The van der Waals surface area contributed by atoms with E-state index >= 15 is 0 Å². The van der Waals surface area contributed by atoms with Gasteiger partial charge in [0.15, 0.2) is 0 Å². The molecular formula is C16H20ClN3OS. The molecule has 2 aliphatic rings. The van der Waals surface area contributed by atoms with Crippen LogP contribution >= 0.6 is 22.9 Å². The summed E-state index contributed by atoms with van der Waals surface area (Å²) in [5, 5.41) is 11.0. The average Bonchev–Trinajstić information content (AvgIpc) is 2.93. The van der Waals surface area contributed by atoms with Crippen LogP contribution in [0, 0.1) is 0 Å². The van der Waals surface area contributed by atoms with E-state index in [0.717, 1.165) is 43.0 Å². The molecule has 4 nitrogen and oxygen atoms in total. The topological polar surface area (TPSA) is 49.2 Å². The molecule has 118 valence electrons. The Morgan fingerprint density at radius 1 is 1.18 bits per heavy atom. The molecule has 0 amide bonds. The monoisotopic (exact) mass is 337 g/mol. The minimum Gasteiger partial charge on any atom is -0.393 e. The van der Waals surface area contributed by atoms with Gasteiger partial charge in [0.1, 0.15) is 16.5 Å². The van der Waals surface area contributed by atoms with Gasteiger partial charge in [-0.05, 0) is 44.1 Å². The lowest BCUT2D eigenvalue weighted by molar-refractivity contribution is 0.145. The van der Waals surface area contributed by atoms with Gasteiger partial charge in [-0.1, -0.05) is 0 Å². The van der Waals surface area contributed by atoms with Gasteiger partial charge in [0, 0.05) is 18.0 Å². The molecule has 1 aliphatic heterocycles. The Hall–Kier alpha value is -0.910. The van der Waals surface area contributed by atoms with Crippen molar-refractivity contribution in [3.8, 4) is 0 Å². The first-order chi connectivity index (χ1) is 10.8. The lowest BCUT2D eigenvalue weighted by Crippen LogP contribution is -2.36. The fourth-order valence-corrected chi connectivity index (χ4v) is 4.94. The first kappa shape index (κ1) is 14.7. The number of aliphatic hydroxyl groups is 1. The van der Waals surface area contributed by atoms with Crippen LogP contribution < -0.4 is 4.90 Å². The summed E-state index contributed by atoms with van der Waals surface area (Å²) in [6.07, 6.45) is 6.31. The van der Waals surface area contributed by atoms with Crippen LogP contribution in [0.2, 0.25) is 0 Å². The highest BCUT2D eigenvalue weighted by atomic mass is 35.5. The smallest absolute Gasteiger partial charge is 0.147 e. The van der Waals surface area contributed by atoms with Gasteiger partial charge >= 0.3 is 0 Å². The second kappa shape index (κ2) is 5.95. The molecule has 0 saturated carbocycles. The van der Waals surface area contributed by atoms with Gasteiger partial charge < -0.3 is 10.0 Å². The SMILES string of the molecule is OC1CCN(c2nc(CCl)nc3sc4c(c23)CCCC4)CC1. The van der Waals surface area contributed by atoms with Crippen molar-refractivity contribution in [1.82, 2.24) is 9.97 Å². The largest absolute Gasteiger partial charge is 0.393 e. The van der Waals surface area contributed by atoms with Crippen LogP contribution in [-0.2, 0) is 18.7 Å². The van der Waals surface area contributed by atoms with Crippen LogP contribution in [0.5, 0.6) is 0 Å². The van der Waals surface area contributed by atoms with E-state index in [9.17, 15) is 5.11 Å². The Morgan fingerprint density at radius 2 is 1.95 bits per heavy atom. The number of hydrogen-bond donors (Lipinski definition) is 1. The van der Waals surface area contributed by atoms with Crippen molar-refractivity contribution in [1.29, 1.82) is 0 Å². The zero-order valence-corrected chi connectivity index (χ0v) is 14.1. The van der Waals surface area contributed by atoms with Crippen LogP contribution in [-0.4, -0.2) is 34.3 Å². The third kappa shape index (κ3) is 2.49. The molecule has 1 fully saturated rings. The molecule has 0 aromatic carbocycles. The van der Waals surface area contributed by atoms with Crippen molar-refractivity contribution in [2.75, 3.05) is 18.0 Å². The summed E-state index contributed by atoms with van der Waals surface area (Å²) in [5.74, 6) is 2.11. The Balaban J connectivity index is 1.85. The molecule has 0 bridgehead atoms. The zero-order valence-electron chi connectivity index (χ0n) is 12.5. The quantitative estimate of drug-likeness (QED) is 0.854. The van der Waals surface area contributed by atoms with Gasteiger partial charge in [-0.25, -0.2) is 9.97 Å². The van der Waals surface area contributed by atoms with E-state index in [1.807, 2.05) is 11.3 Å². The minimum atomic E-state index is -0.169. The summed E-state index contributed by atoms with van der Waals surface area (Å²) in [7, 11) is 0. The highest BCUT2D eigenvalue weighted by molar-refractivity contribution is 7.19. The van der Waals surface area contributed by atoms with Gasteiger partial charge in [0.2, 0.25) is 0 Å². The summed E-state index contributed by atoms with van der Waals surface area (Å²) < 4.78 is 0. The lowest BCUT2D eigenvalue weighted by Gasteiger charge is -2.31. The molecule has 2 aromatic heterocycles. The molecule has 0 spiro atoms. The van der Waals surface area contributed by atoms with E-state index in [-0.39, 0.29) is 6.10 Å². The number of anilines is 1. The molecule has 1 N–H and O–H groups in total. The number of aliphatic hydroxyl groups excluding tert-OH is 1. The van der Waals surface area contributed by atoms with Crippen molar-refractivity contribution < 1.29 is 5.11 Å². The molecule has 0 unspecified atom stereocenters. The number of piperidine rings is 1. The lowest BCUT2D eigenvalue weighted by atomic mass is 9.96. The van der Waals surface area contributed by atoms with E-state index in [2.05, 4.69) is 9.88 Å². The van der Waals surface area contributed by atoms with Crippen molar-refractivity contribution in [3.63, 3.8) is 0 Å². The third-order valence-corrected chi connectivity index (χ3v) is 6.15. The maximum absolute atomic E-state index is 9.76. The first-order valence-corrected chi connectivity index (χ1v) is 9.41. The van der Waals surface area contributed by atoms with E-state index in [1.165, 1.54) is 35.1 Å². The fraction of sp³-hybridized carbons (Fsp3) is 0.625. The van der Waals surface area contributed by atoms with Gasteiger partial charge in [-0.3, -0.25) is 0 Å². The number of halogens is 1. The molecule has 0 radical (unpaired) electrons. The highest BCUT2D eigenvalue weighted by Gasteiger charge is 2.26. The Morgan fingerprint density at radius 3 is 2.73 bits per heavy atom. The Bertz CT molecular complexity index is 694. The van der Waals surface area contributed by atoms with Crippen molar-refractivity contribution >= 4 is 39.0 Å². The van der Waals surface area contributed by atoms with Gasteiger partial charge in [-0.15, -0.1) is 22.9 Å². The van der Waals surface area contributed by atoms with E-state index in [4.69, 9.17) is 16.6 Å². The fourth-order valence-electron chi connectivity index (χ4n) is 3.55. The summed E-state index contributed by atoms with van der Waals surface area (Å²) in [6, 6.07) is 0. The van der Waals surface area contributed by atoms with Crippen LogP contribution in [0.25, 0.3) is 10.2 Å². The molecule has 1 aliphatic carbocycles. The molecule has 2 aromatic rings. The Labute approximate surface area is 139 Å². The minimum absolute atomic E-state index is 0.169. The number of alkyl halides is 1.